The van der Waals surface area contributed by atoms with Gasteiger partial charge in [0.1, 0.15) is 5.82 Å². The van der Waals surface area contributed by atoms with Crippen LogP contribution in [0.4, 0.5) is 4.39 Å². The van der Waals surface area contributed by atoms with Gasteiger partial charge in [-0.05, 0) is 37.6 Å². The van der Waals surface area contributed by atoms with Gasteiger partial charge in [-0.15, -0.1) is 0 Å². The molecule has 0 aliphatic carbocycles. The molecule has 0 amide bonds. The Morgan fingerprint density at radius 1 is 1.56 bits per heavy atom. The van der Waals surface area contributed by atoms with Crippen molar-refractivity contribution in [2.45, 2.75) is 25.8 Å². The molecule has 1 aromatic carbocycles. The van der Waals surface area contributed by atoms with Gasteiger partial charge in [0.2, 0.25) is 0 Å². The van der Waals surface area contributed by atoms with Gasteiger partial charge in [-0.25, -0.2) is 4.39 Å². The third-order valence-corrected chi connectivity index (χ3v) is 2.67. The van der Waals surface area contributed by atoms with Crippen LogP contribution in [0.3, 0.4) is 0 Å². The van der Waals surface area contributed by atoms with Crippen LogP contribution in [0.5, 0.6) is 0 Å². The van der Waals surface area contributed by atoms with Gasteiger partial charge >= 0.3 is 0 Å². The summed E-state index contributed by atoms with van der Waals surface area (Å²) in [5.74, 6) is -0.328. The molecule has 0 saturated carbocycles. The van der Waals surface area contributed by atoms with Crippen LogP contribution in [0, 0.1) is 17.1 Å². The first-order valence-electron chi connectivity index (χ1n) is 5.20. The number of rotatable bonds is 5. The van der Waals surface area contributed by atoms with Gasteiger partial charge in [0, 0.05) is 17.5 Å². The maximum atomic E-state index is 12.8. The molecule has 1 aromatic rings. The summed E-state index contributed by atoms with van der Waals surface area (Å²) < 4.78 is 12.8. The van der Waals surface area contributed by atoms with Crippen molar-refractivity contribution < 1.29 is 4.39 Å². The van der Waals surface area contributed by atoms with Crippen LogP contribution in [0.2, 0.25) is 5.02 Å². The Hall–Kier alpha value is -1.11. The smallest absolute Gasteiger partial charge is 0.124 e. The Kier molecular flexibility index (Phi) is 5.24. The van der Waals surface area contributed by atoms with Crippen LogP contribution < -0.4 is 5.32 Å². The second-order valence-corrected chi connectivity index (χ2v) is 4.01. The zero-order valence-electron chi connectivity index (χ0n) is 9.13. The van der Waals surface area contributed by atoms with E-state index in [9.17, 15) is 4.39 Å². The van der Waals surface area contributed by atoms with Gasteiger partial charge in [0.15, 0.2) is 0 Å². The van der Waals surface area contributed by atoms with Crippen LogP contribution >= 0.6 is 11.6 Å². The average Bonchev–Trinajstić information content (AvgIpc) is 2.24. The topological polar surface area (TPSA) is 35.8 Å². The lowest BCUT2D eigenvalue weighted by Gasteiger charge is -2.15. The molecular formula is C12H14ClFN2. The third kappa shape index (κ3) is 3.80. The molecule has 0 fully saturated rings. The van der Waals surface area contributed by atoms with Crippen molar-refractivity contribution in [3.63, 3.8) is 0 Å². The van der Waals surface area contributed by atoms with E-state index in [1.807, 2.05) is 6.92 Å². The summed E-state index contributed by atoms with van der Waals surface area (Å²) >= 11 is 5.93. The fourth-order valence-corrected chi connectivity index (χ4v) is 1.78. The van der Waals surface area contributed by atoms with E-state index in [0.717, 1.165) is 18.5 Å². The van der Waals surface area contributed by atoms with E-state index in [0.29, 0.717) is 11.4 Å². The van der Waals surface area contributed by atoms with Crippen molar-refractivity contribution in [2.75, 3.05) is 6.54 Å². The molecule has 0 aliphatic rings. The van der Waals surface area contributed by atoms with Gasteiger partial charge in [0.05, 0.1) is 6.07 Å². The molecule has 0 saturated heterocycles. The average molecular weight is 241 g/mol. The molecule has 0 aliphatic heterocycles. The number of nitriles is 1. The number of halogens is 2. The van der Waals surface area contributed by atoms with Gasteiger partial charge in [0.25, 0.3) is 0 Å². The summed E-state index contributed by atoms with van der Waals surface area (Å²) in [5.41, 5.74) is 0.875. The lowest BCUT2D eigenvalue weighted by Crippen LogP contribution is -2.20. The van der Waals surface area contributed by atoms with Crippen LogP contribution in [0.25, 0.3) is 0 Å². The highest BCUT2D eigenvalue weighted by molar-refractivity contribution is 6.31. The van der Waals surface area contributed by atoms with E-state index >= 15 is 0 Å². The molecule has 0 spiro atoms. The van der Waals surface area contributed by atoms with Crippen LogP contribution in [0.1, 0.15) is 31.4 Å². The Bertz CT molecular complexity index is 387. The lowest BCUT2D eigenvalue weighted by molar-refractivity contribution is 0.559. The molecule has 1 atom stereocenters. The van der Waals surface area contributed by atoms with Crippen molar-refractivity contribution in [1.29, 1.82) is 5.26 Å². The lowest BCUT2D eigenvalue weighted by atomic mass is 10.1. The van der Waals surface area contributed by atoms with E-state index in [4.69, 9.17) is 16.9 Å². The van der Waals surface area contributed by atoms with Gasteiger partial charge in [-0.3, -0.25) is 0 Å². The van der Waals surface area contributed by atoms with Crippen molar-refractivity contribution in [2.24, 2.45) is 0 Å². The number of benzene rings is 1. The highest BCUT2D eigenvalue weighted by atomic mass is 35.5. The van der Waals surface area contributed by atoms with Crippen molar-refractivity contribution in [1.82, 2.24) is 5.32 Å². The highest BCUT2D eigenvalue weighted by Gasteiger charge is 2.09. The second-order valence-electron chi connectivity index (χ2n) is 3.60. The van der Waals surface area contributed by atoms with E-state index in [1.165, 1.54) is 12.1 Å². The maximum Gasteiger partial charge on any atom is 0.124 e. The van der Waals surface area contributed by atoms with Crippen LogP contribution in [-0.4, -0.2) is 6.54 Å². The summed E-state index contributed by atoms with van der Waals surface area (Å²) in [6.07, 6.45) is 1.34. The van der Waals surface area contributed by atoms with E-state index < -0.39 is 0 Å². The number of nitrogens with zero attached hydrogens (tertiary/aromatic N) is 1. The zero-order valence-corrected chi connectivity index (χ0v) is 9.89. The molecule has 16 heavy (non-hydrogen) atoms. The van der Waals surface area contributed by atoms with Gasteiger partial charge in [-0.1, -0.05) is 17.7 Å². The maximum absolute atomic E-state index is 12.8. The summed E-state index contributed by atoms with van der Waals surface area (Å²) in [4.78, 5) is 0. The molecule has 4 heteroatoms. The first kappa shape index (κ1) is 13.0. The molecule has 1 N–H and O–H groups in total. The SMILES string of the molecule is CC(NCCCC#N)c1ccc(F)cc1Cl. The molecule has 0 bridgehead atoms. The van der Waals surface area contributed by atoms with E-state index in [2.05, 4.69) is 11.4 Å². The molecule has 86 valence electrons. The standard InChI is InChI=1S/C12H14ClFN2/c1-9(16-7-3-2-6-15)11-5-4-10(14)8-12(11)13/h4-5,8-9,16H,2-3,7H2,1H3. The predicted molar refractivity (Wildman–Crippen MR) is 62.7 cm³/mol. The molecular weight excluding hydrogens is 227 g/mol. The fourth-order valence-electron chi connectivity index (χ4n) is 1.45. The largest absolute Gasteiger partial charge is 0.310 e. The van der Waals surface area contributed by atoms with Gasteiger partial charge < -0.3 is 5.32 Å². The summed E-state index contributed by atoms with van der Waals surface area (Å²) in [7, 11) is 0. The summed E-state index contributed by atoms with van der Waals surface area (Å²) in [6, 6.07) is 6.53. The van der Waals surface area contributed by atoms with E-state index in [-0.39, 0.29) is 11.9 Å². The van der Waals surface area contributed by atoms with Crippen molar-refractivity contribution in [3.05, 3.63) is 34.6 Å². The molecule has 1 rings (SSSR count). The summed E-state index contributed by atoms with van der Waals surface area (Å²) in [5, 5.41) is 12.0. The molecule has 0 radical (unpaired) electrons. The molecule has 2 nitrogen and oxygen atoms in total. The van der Waals surface area contributed by atoms with Crippen molar-refractivity contribution in [3.8, 4) is 6.07 Å². The number of hydrogen-bond acceptors (Lipinski definition) is 2. The van der Waals surface area contributed by atoms with Gasteiger partial charge in [-0.2, -0.15) is 5.26 Å². The third-order valence-electron chi connectivity index (χ3n) is 2.34. The fraction of sp³-hybridized carbons (Fsp3) is 0.417. The Morgan fingerprint density at radius 2 is 2.31 bits per heavy atom. The monoisotopic (exact) mass is 240 g/mol. The quantitative estimate of drug-likeness (QED) is 0.801. The number of hydrogen-bond donors (Lipinski definition) is 1. The van der Waals surface area contributed by atoms with Crippen LogP contribution in [0.15, 0.2) is 18.2 Å². The van der Waals surface area contributed by atoms with Crippen LogP contribution in [-0.2, 0) is 0 Å². The van der Waals surface area contributed by atoms with E-state index in [1.54, 1.807) is 6.07 Å². The minimum absolute atomic E-state index is 0.0618. The predicted octanol–water partition coefficient (Wildman–Crippen LogP) is 3.43. The minimum Gasteiger partial charge on any atom is -0.310 e. The zero-order chi connectivity index (χ0) is 12.0. The second kappa shape index (κ2) is 6.47. The molecule has 1 unspecified atom stereocenters. The number of nitrogens with one attached hydrogen (secondary N) is 1. The first-order chi connectivity index (χ1) is 7.65. The minimum atomic E-state index is -0.328. The Labute approximate surface area is 100 Å². The summed E-state index contributed by atoms with van der Waals surface area (Å²) in [6.45, 7) is 2.72. The number of unbranched alkanes of at least 4 members (excludes halogenated alkanes) is 1. The first-order valence-corrected chi connectivity index (χ1v) is 5.58. The Balaban J connectivity index is 2.53. The highest BCUT2D eigenvalue weighted by Crippen LogP contribution is 2.23. The molecule has 0 aromatic heterocycles. The van der Waals surface area contributed by atoms with Crippen molar-refractivity contribution >= 4 is 11.6 Å². The normalized spacial score (nSPS) is 12.1. The Morgan fingerprint density at radius 3 is 2.94 bits per heavy atom. The molecule has 0 heterocycles.